The van der Waals surface area contributed by atoms with Crippen molar-refractivity contribution in [2.24, 2.45) is 0 Å². The number of hydrogen-bond acceptors (Lipinski definition) is 2. The molecule has 0 spiro atoms. The van der Waals surface area contributed by atoms with Crippen LogP contribution in [0.15, 0.2) is 24.3 Å². The largest absolute Gasteiger partial charge is 0.369 e. The lowest BCUT2D eigenvalue weighted by molar-refractivity contribution is -0.118. The van der Waals surface area contributed by atoms with Crippen LogP contribution in [-0.4, -0.2) is 30.6 Å². The number of rotatable bonds is 8. The molecule has 18 heavy (non-hydrogen) atoms. The molecule has 0 atom stereocenters. The summed E-state index contributed by atoms with van der Waals surface area (Å²) in [7, 11) is 0. The molecule has 0 radical (unpaired) electrons. The Kier molecular flexibility index (Phi) is 7.14. The highest BCUT2D eigenvalue weighted by atomic mass is 35.5. The highest BCUT2D eigenvalue weighted by molar-refractivity contribution is 6.18. The highest BCUT2D eigenvalue weighted by Crippen LogP contribution is 2.16. The van der Waals surface area contributed by atoms with Crippen LogP contribution < -0.4 is 4.90 Å². The number of hydrogen-bond donors (Lipinski definition) is 0. The van der Waals surface area contributed by atoms with Gasteiger partial charge in [0.25, 0.3) is 0 Å². The third-order valence-corrected chi connectivity index (χ3v) is 3.14. The van der Waals surface area contributed by atoms with E-state index < -0.39 is 0 Å². The predicted octanol–water partition coefficient (Wildman–Crippen LogP) is 3.49. The molecule has 0 aliphatic rings. The summed E-state index contributed by atoms with van der Waals surface area (Å²) in [5.74, 6) is 1.42. The van der Waals surface area contributed by atoms with E-state index in [4.69, 9.17) is 23.2 Å². The number of halogens is 2. The van der Waals surface area contributed by atoms with Gasteiger partial charge in [-0.2, -0.15) is 0 Å². The molecule has 0 aliphatic carbocycles. The number of Topliss-reactive ketones (excluding diaryl/α,β-unsaturated/α-hetero) is 1. The van der Waals surface area contributed by atoms with Crippen molar-refractivity contribution in [2.75, 3.05) is 29.7 Å². The van der Waals surface area contributed by atoms with Crippen molar-refractivity contribution in [1.29, 1.82) is 0 Å². The van der Waals surface area contributed by atoms with Crippen LogP contribution in [0.3, 0.4) is 0 Å². The molecule has 0 saturated heterocycles. The molecule has 1 aromatic rings. The van der Waals surface area contributed by atoms with Crippen molar-refractivity contribution in [3.8, 4) is 0 Å². The van der Waals surface area contributed by atoms with E-state index in [-0.39, 0.29) is 5.78 Å². The number of benzene rings is 1. The van der Waals surface area contributed by atoms with Crippen molar-refractivity contribution < 1.29 is 4.79 Å². The minimum absolute atomic E-state index is 0.265. The van der Waals surface area contributed by atoms with Crippen molar-refractivity contribution in [3.05, 3.63) is 29.8 Å². The van der Waals surface area contributed by atoms with Gasteiger partial charge in [0.1, 0.15) is 5.78 Å². The Morgan fingerprint density at radius 1 is 1.11 bits per heavy atom. The van der Waals surface area contributed by atoms with E-state index in [0.29, 0.717) is 24.6 Å². The van der Waals surface area contributed by atoms with E-state index in [9.17, 15) is 4.79 Å². The lowest BCUT2D eigenvalue weighted by atomic mass is 10.1. The molecule has 0 amide bonds. The summed E-state index contributed by atoms with van der Waals surface area (Å²) in [4.78, 5) is 13.5. The topological polar surface area (TPSA) is 20.3 Å². The monoisotopic (exact) mass is 287 g/mol. The quantitative estimate of drug-likeness (QED) is 0.682. The Morgan fingerprint density at radius 3 is 2.11 bits per heavy atom. The molecule has 1 rings (SSSR count). The molecule has 0 aromatic heterocycles. The standard InChI is InChI=1S/C14H19Cl2NO/c1-2-14(18)11-12-3-5-13(6-4-12)17(9-7-15)10-8-16/h3-6H,2,7-11H2,1H3. The molecule has 0 saturated carbocycles. The van der Waals surface area contributed by atoms with E-state index in [2.05, 4.69) is 4.90 Å². The molecule has 0 aliphatic heterocycles. The second kappa shape index (κ2) is 8.39. The number of anilines is 1. The summed E-state index contributed by atoms with van der Waals surface area (Å²) in [6, 6.07) is 8.05. The summed E-state index contributed by atoms with van der Waals surface area (Å²) >= 11 is 11.5. The fourth-order valence-electron chi connectivity index (χ4n) is 1.75. The zero-order chi connectivity index (χ0) is 13.4. The highest BCUT2D eigenvalue weighted by Gasteiger charge is 2.06. The van der Waals surface area contributed by atoms with E-state index >= 15 is 0 Å². The van der Waals surface area contributed by atoms with Gasteiger partial charge in [0, 0.05) is 43.4 Å². The van der Waals surface area contributed by atoms with Gasteiger partial charge in [0.05, 0.1) is 0 Å². The number of alkyl halides is 2. The number of carbonyl (C=O) groups excluding carboxylic acids is 1. The first-order valence-electron chi connectivity index (χ1n) is 6.18. The van der Waals surface area contributed by atoms with Crippen LogP contribution >= 0.6 is 23.2 Å². The summed E-state index contributed by atoms with van der Waals surface area (Å²) in [5, 5.41) is 0. The maximum Gasteiger partial charge on any atom is 0.136 e. The summed E-state index contributed by atoms with van der Waals surface area (Å²) in [6.45, 7) is 3.45. The van der Waals surface area contributed by atoms with E-state index in [1.165, 1.54) is 0 Å². The second-order valence-corrected chi connectivity index (χ2v) is 4.86. The van der Waals surface area contributed by atoms with Gasteiger partial charge in [-0.05, 0) is 17.7 Å². The fourth-order valence-corrected chi connectivity index (χ4v) is 2.16. The number of carbonyl (C=O) groups is 1. The Labute approximate surface area is 119 Å². The Hall–Kier alpha value is -0.730. The number of nitrogens with zero attached hydrogens (tertiary/aromatic N) is 1. The Morgan fingerprint density at radius 2 is 1.67 bits per heavy atom. The Balaban J connectivity index is 2.70. The summed E-state index contributed by atoms with van der Waals surface area (Å²) in [6.07, 6.45) is 1.11. The van der Waals surface area contributed by atoms with Gasteiger partial charge in [0.2, 0.25) is 0 Å². The van der Waals surface area contributed by atoms with Crippen molar-refractivity contribution in [2.45, 2.75) is 19.8 Å². The first kappa shape index (κ1) is 15.3. The van der Waals surface area contributed by atoms with Gasteiger partial charge in [-0.25, -0.2) is 0 Å². The lowest BCUT2D eigenvalue weighted by Gasteiger charge is -2.23. The maximum absolute atomic E-state index is 11.4. The molecule has 0 unspecified atom stereocenters. The van der Waals surface area contributed by atoms with Crippen LogP contribution in [0, 0.1) is 0 Å². The van der Waals surface area contributed by atoms with Gasteiger partial charge in [-0.1, -0.05) is 19.1 Å². The van der Waals surface area contributed by atoms with Crippen LogP contribution in [-0.2, 0) is 11.2 Å². The minimum Gasteiger partial charge on any atom is -0.369 e. The average molecular weight is 288 g/mol. The molecule has 2 nitrogen and oxygen atoms in total. The predicted molar refractivity (Wildman–Crippen MR) is 79.1 cm³/mol. The van der Waals surface area contributed by atoms with E-state index in [0.717, 1.165) is 24.3 Å². The van der Waals surface area contributed by atoms with Gasteiger partial charge in [0.15, 0.2) is 0 Å². The van der Waals surface area contributed by atoms with Crippen molar-refractivity contribution in [1.82, 2.24) is 0 Å². The minimum atomic E-state index is 0.265. The first-order chi connectivity index (χ1) is 8.71. The summed E-state index contributed by atoms with van der Waals surface area (Å²) in [5.41, 5.74) is 2.16. The molecule has 0 N–H and O–H groups in total. The number of ketones is 1. The maximum atomic E-state index is 11.4. The van der Waals surface area contributed by atoms with Crippen LogP contribution in [0.25, 0.3) is 0 Å². The second-order valence-electron chi connectivity index (χ2n) is 4.10. The first-order valence-corrected chi connectivity index (χ1v) is 7.25. The van der Waals surface area contributed by atoms with Crippen LogP contribution in [0.4, 0.5) is 5.69 Å². The van der Waals surface area contributed by atoms with Crippen LogP contribution in [0.2, 0.25) is 0 Å². The molecular formula is C14H19Cl2NO. The third kappa shape index (κ3) is 4.87. The SMILES string of the molecule is CCC(=O)Cc1ccc(N(CCCl)CCCl)cc1. The van der Waals surface area contributed by atoms with Gasteiger partial charge < -0.3 is 4.90 Å². The van der Waals surface area contributed by atoms with E-state index in [1.807, 2.05) is 31.2 Å². The van der Waals surface area contributed by atoms with Gasteiger partial charge in [-0.3, -0.25) is 4.79 Å². The normalized spacial score (nSPS) is 10.4. The van der Waals surface area contributed by atoms with Crippen LogP contribution in [0.1, 0.15) is 18.9 Å². The molecule has 100 valence electrons. The van der Waals surface area contributed by atoms with Gasteiger partial charge in [-0.15, -0.1) is 23.2 Å². The smallest absolute Gasteiger partial charge is 0.136 e. The molecule has 0 fully saturated rings. The zero-order valence-corrected chi connectivity index (χ0v) is 12.2. The van der Waals surface area contributed by atoms with Gasteiger partial charge >= 0.3 is 0 Å². The lowest BCUT2D eigenvalue weighted by Crippen LogP contribution is -2.27. The molecule has 0 heterocycles. The molecule has 1 aromatic carbocycles. The molecule has 4 heteroatoms. The van der Waals surface area contributed by atoms with Crippen molar-refractivity contribution >= 4 is 34.7 Å². The van der Waals surface area contributed by atoms with Crippen molar-refractivity contribution in [3.63, 3.8) is 0 Å². The Bertz CT molecular complexity index is 359. The fraction of sp³-hybridized carbons (Fsp3) is 0.500. The van der Waals surface area contributed by atoms with Crippen LogP contribution in [0.5, 0.6) is 0 Å². The third-order valence-electron chi connectivity index (χ3n) is 2.81. The molecular weight excluding hydrogens is 269 g/mol. The average Bonchev–Trinajstić information content (AvgIpc) is 2.39. The summed E-state index contributed by atoms with van der Waals surface area (Å²) < 4.78 is 0. The zero-order valence-electron chi connectivity index (χ0n) is 10.7. The van der Waals surface area contributed by atoms with E-state index in [1.54, 1.807) is 0 Å². The molecule has 0 bridgehead atoms.